The number of fused-ring (bicyclic) bond motifs is 2. The second-order valence-electron chi connectivity index (χ2n) is 7.03. The van der Waals surface area contributed by atoms with Crippen molar-refractivity contribution in [2.45, 2.75) is 0 Å². The Bertz CT molecular complexity index is 1580. The second-order valence-corrected chi connectivity index (χ2v) is 7.03. The van der Waals surface area contributed by atoms with E-state index in [0.717, 1.165) is 0 Å². The number of imidazole rings is 1. The van der Waals surface area contributed by atoms with Gasteiger partial charge in [0.1, 0.15) is 0 Å². The average molecular weight is 427 g/mol. The molecule has 0 aliphatic rings. The predicted molar refractivity (Wildman–Crippen MR) is 117 cm³/mol. The van der Waals surface area contributed by atoms with E-state index < -0.39 is 9.85 Å². The Hall–Kier alpha value is -4.86. The Kier molecular flexibility index (Phi) is 4.26. The molecule has 10 heteroatoms. The molecule has 0 fully saturated rings. The largest absolute Gasteiger partial charge is 0.285 e. The first kappa shape index (κ1) is 19.1. The van der Waals surface area contributed by atoms with Crippen LogP contribution in [0.3, 0.4) is 0 Å². The van der Waals surface area contributed by atoms with E-state index in [9.17, 15) is 25.0 Å². The molecule has 0 unspecified atom stereocenters. The van der Waals surface area contributed by atoms with Crippen molar-refractivity contribution in [3.8, 4) is 16.9 Å². The van der Waals surface area contributed by atoms with E-state index in [0.29, 0.717) is 33.6 Å². The molecule has 5 aromatic rings. The lowest BCUT2D eigenvalue weighted by molar-refractivity contribution is -0.385. The lowest BCUT2D eigenvalue weighted by Crippen LogP contribution is -2.16. The molecule has 0 N–H and O–H groups in total. The molecular weight excluding hydrogens is 414 g/mol. The van der Waals surface area contributed by atoms with Crippen molar-refractivity contribution in [3.63, 3.8) is 0 Å². The number of nitrogens with zero attached hydrogens (tertiary/aromatic N) is 5. The van der Waals surface area contributed by atoms with Gasteiger partial charge in [-0.2, -0.15) is 0 Å². The fraction of sp³-hybridized carbons (Fsp3) is 0. The minimum atomic E-state index is -0.495. The van der Waals surface area contributed by atoms with Crippen molar-refractivity contribution in [2.75, 3.05) is 0 Å². The molecule has 0 saturated carbocycles. The van der Waals surface area contributed by atoms with E-state index in [4.69, 9.17) is 0 Å². The van der Waals surface area contributed by atoms with E-state index in [2.05, 4.69) is 4.98 Å². The van der Waals surface area contributed by atoms with Gasteiger partial charge in [0.15, 0.2) is 0 Å². The zero-order valence-electron chi connectivity index (χ0n) is 16.3. The maximum atomic E-state index is 13.4. The molecular formula is C22H13N5O5. The summed E-state index contributed by atoms with van der Waals surface area (Å²) in [7, 11) is 0. The van der Waals surface area contributed by atoms with Gasteiger partial charge in [0.2, 0.25) is 5.78 Å². The van der Waals surface area contributed by atoms with Gasteiger partial charge in [-0.15, -0.1) is 0 Å². The number of hydrogen-bond acceptors (Lipinski definition) is 6. The van der Waals surface area contributed by atoms with Gasteiger partial charge in [-0.25, -0.2) is 9.38 Å². The second kappa shape index (κ2) is 7.13. The van der Waals surface area contributed by atoms with Crippen LogP contribution in [0.5, 0.6) is 0 Å². The molecule has 2 aromatic heterocycles. The number of nitro groups is 2. The molecule has 0 aliphatic heterocycles. The van der Waals surface area contributed by atoms with Crippen LogP contribution in [-0.2, 0) is 0 Å². The van der Waals surface area contributed by atoms with Crippen molar-refractivity contribution in [3.05, 3.63) is 110 Å². The Labute approximate surface area is 178 Å². The zero-order chi connectivity index (χ0) is 22.4. The highest BCUT2D eigenvalue weighted by Crippen LogP contribution is 2.27. The molecule has 0 saturated heterocycles. The standard InChI is InChI=1S/C22H13N5O5/c28-21-18-3-1-2-4-19(18)23-22-24(15-9-11-17(12-10-15)27(31)32)13-20(25(21)22)14-5-7-16(8-6-14)26(29)30/h1-13H. The Morgan fingerprint density at radius 2 is 1.38 bits per heavy atom. The third-order valence-corrected chi connectivity index (χ3v) is 5.18. The molecule has 2 heterocycles. The summed E-state index contributed by atoms with van der Waals surface area (Å²) in [5, 5.41) is 22.4. The van der Waals surface area contributed by atoms with Gasteiger partial charge in [-0.1, -0.05) is 12.1 Å². The topological polar surface area (TPSA) is 126 Å². The highest BCUT2D eigenvalue weighted by molar-refractivity contribution is 5.81. The molecule has 0 atom stereocenters. The minimum absolute atomic E-state index is 0.0589. The van der Waals surface area contributed by atoms with Crippen LogP contribution in [0, 0.1) is 20.2 Å². The van der Waals surface area contributed by atoms with Gasteiger partial charge in [-0.3, -0.25) is 29.6 Å². The van der Waals surface area contributed by atoms with E-state index in [1.807, 2.05) is 0 Å². The maximum Gasteiger partial charge on any atom is 0.269 e. The van der Waals surface area contributed by atoms with Crippen molar-refractivity contribution in [1.29, 1.82) is 0 Å². The number of hydrogen-bond donors (Lipinski definition) is 0. The molecule has 3 aromatic carbocycles. The van der Waals surface area contributed by atoms with Crippen molar-refractivity contribution in [1.82, 2.24) is 14.0 Å². The summed E-state index contributed by atoms with van der Waals surface area (Å²) in [6, 6.07) is 18.7. The monoisotopic (exact) mass is 427 g/mol. The van der Waals surface area contributed by atoms with Crippen LogP contribution < -0.4 is 5.56 Å². The van der Waals surface area contributed by atoms with E-state index in [1.165, 1.54) is 28.7 Å². The van der Waals surface area contributed by atoms with Crippen LogP contribution in [-0.4, -0.2) is 23.8 Å². The SMILES string of the molecule is O=c1c2ccccc2nc2n(-c3ccc([N+](=O)[O-])cc3)cc(-c3ccc([N+](=O)[O-])cc3)n12. The van der Waals surface area contributed by atoms with Gasteiger partial charge in [0.05, 0.1) is 26.4 Å². The fourth-order valence-electron chi connectivity index (χ4n) is 3.62. The van der Waals surface area contributed by atoms with Crippen LogP contribution in [0.4, 0.5) is 11.4 Å². The number of benzene rings is 3. The van der Waals surface area contributed by atoms with Gasteiger partial charge in [0, 0.05) is 41.7 Å². The van der Waals surface area contributed by atoms with Crippen LogP contribution in [0.15, 0.2) is 83.8 Å². The third-order valence-electron chi connectivity index (χ3n) is 5.18. The molecule has 0 radical (unpaired) electrons. The molecule has 32 heavy (non-hydrogen) atoms. The smallest absolute Gasteiger partial charge is 0.269 e. The highest BCUT2D eigenvalue weighted by Gasteiger charge is 2.18. The number of para-hydroxylation sites is 1. The highest BCUT2D eigenvalue weighted by atomic mass is 16.6. The lowest BCUT2D eigenvalue weighted by atomic mass is 10.1. The minimum Gasteiger partial charge on any atom is -0.285 e. The molecule has 0 amide bonds. The van der Waals surface area contributed by atoms with Crippen LogP contribution in [0.2, 0.25) is 0 Å². The maximum absolute atomic E-state index is 13.4. The Morgan fingerprint density at radius 3 is 2.00 bits per heavy atom. The van der Waals surface area contributed by atoms with Crippen LogP contribution in [0.25, 0.3) is 33.6 Å². The molecule has 0 spiro atoms. The Morgan fingerprint density at radius 1 is 0.781 bits per heavy atom. The van der Waals surface area contributed by atoms with Gasteiger partial charge in [0.25, 0.3) is 16.9 Å². The predicted octanol–water partition coefficient (Wildman–Crippen LogP) is 4.12. The molecule has 0 aliphatic carbocycles. The summed E-state index contributed by atoms with van der Waals surface area (Å²) in [5.41, 5.74) is 1.73. The van der Waals surface area contributed by atoms with Gasteiger partial charge < -0.3 is 0 Å². The summed E-state index contributed by atoms with van der Waals surface area (Å²) in [6.07, 6.45) is 1.69. The molecule has 5 rings (SSSR count). The van der Waals surface area contributed by atoms with Crippen molar-refractivity contribution >= 4 is 28.1 Å². The number of aromatic nitrogens is 3. The number of rotatable bonds is 4. The van der Waals surface area contributed by atoms with Gasteiger partial charge >= 0.3 is 0 Å². The number of nitro benzene ring substituents is 2. The number of non-ortho nitro benzene ring substituents is 2. The first-order chi connectivity index (χ1) is 15.4. The summed E-state index contributed by atoms with van der Waals surface area (Å²) in [6.45, 7) is 0. The fourth-order valence-corrected chi connectivity index (χ4v) is 3.62. The molecule has 0 bridgehead atoms. The first-order valence-corrected chi connectivity index (χ1v) is 9.46. The third kappa shape index (κ3) is 2.98. The van der Waals surface area contributed by atoms with E-state index >= 15 is 0 Å². The average Bonchev–Trinajstić information content (AvgIpc) is 3.19. The van der Waals surface area contributed by atoms with Crippen molar-refractivity contribution in [2.24, 2.45) is 0 Å². The zero-order valence-corrected chi connectivity index (χ0v) is 16.3. The normalized spacial score (nSPS) is 11.1. The van der Waals surface area contributed by atoms with Crippen molar-refractivity contribution < 1.29 is 9.85 Å². The summed E-state index contributed by atoms with van der Waals surface area (Å²) in [5.74, 6) is 0.316. The molecule has 156 valence electrons. The van der Waals surface area contributed by atoms with E-state index in [1.54, 1.807) is 59.3 Å². The van der Waals surface area contributed by atoms with Crippen LogP contribution in [0.1, 0.15) is 0 Å². The Balaban J connectivity index is 1.82. The summed E-state index contributed by atoms with van der Waals surface area (Å²) >= 11 is 0. The lowest BCUT2D eigenvalue weighted by Gasteiger charge is -2.05. The van der Waals surface area contributed by atoms with E-state index in [-0.39, 0.29) is 16.9 Å². The molecule has 10 nitrogen and oxygen atoms in total. The first-order valence-electron chi connectivity index (χ1n) is 9.46. The van der Waals surface area contributed by atoms with Crippen LogP contribution >= 0.6 is 0 Å². The quantitative estimate of drug-likeness (QED) is 0.314. The summed E-state index contributed by atoms with van der Waals surface area (Å²) < 4.78 is 3.10. The van der Waals surface area contributed by atoms with Gasteiger partial charge in [-0.05, 0) is 36.4 Å². The summed E-state index contributed by atoms with van der Waals surface area (Å²) in [4.78, 5) is 39.0.